The standard InChI is InChI=1S/C21H19F3N4O3/c1-12-3-5-17-15(9-12)16(10-13(2)27-17)20(29)26-8-7-25-18-6-4-14(21(22,23)24)11-19(18)28(30)31/h3-6,9-11,25H,7-8H2,1-2H3,(H,26,29). The van der Waals surface area contributed by atoms with E-state index in [2.05, 4.69) is 15.6 Å². The zero-order valence-corrected chi connectivity index (χ0v) is 16.7. The molecule has 0 saturated carbocycles. The second-order valence-corrected chi connectivity index (χ2v) is 7.00. The number of hydrogen-bond donors (Lipinski definition) is 2. The number of nitrogens with one attached hydrogen (secondary N) is 2. The average molecular weight is 432 g/mol. The highest BCUT2D eigenvalue weighted by molar-refractivity contribution is 6.06. The minimum atomic E-state index is -4.68. The SMILES string of the molecule is Cc1ccc2nc(C)cc(C(=O)NCCNc3ccc(C(F)(F)F)cc3[N+](=O)[O-])c2c1. The van der Waals surface area contributed by atoms with Gasteiger partial charge in [-0.1, -0.05) is 11.6 Å². The number of hydrogen-bond acceptors (Lipinski definition) is 5. The van der Waals surface area contributed by atoms with Crippen LogP contribution >= 0.6 is 0 Å². The molecule has 1 aromatic heterocycles. The first-order valence-corrected chi connectivity index (χ1v) is 9.32. The lowest BCUT2D eigenvalue weighted by Crippen LogP contribution is -2.29. The fraction of sp³-hybridized carbons (Fsp3) is 0.238. The van der Waals surface area contributed by atoms with Crippen LogP contribution in [0.25, 0.3) is 10.9 Å². The molecule has 0 spiro atoms. The summed E-state index contributed by atoms with van der Waals surface area (Å²) in [5, 5.41) is 17.3. The highest BCUT2D eigenvalue weighted by atomic mass is 19.4. The van der Waals surface area contributed by atoms with Crippen molar-refractivity contribution in [3.8, 4) is 0 Å². The molecule has 0 aliphatic heterocycles. The molecule has 2 N–H and O–H groups in total. The fourth-order valence-electron chi connectivity index (χ4n) is 3.14. The van der Waals surface area contributed by atoms with Crippen LogP contribution in [0, 0.1) is 24.0 Å². The maximum atomic E-state index is 12.8. The molecular weight excluding hydrogens is 413 g/mol. The second kappa shape index (κ2) is 8.58. The van der Waals surface area contributed by atoms with E-state index in [0.29, 0.717) is 28.2 Å². The van der Waals surface area contributed by atoms with Gasteiger partial charge in [0.2, 0.25) is 0 Å². The summed E-state index contributed by atoms with van der Waals surface area (Å²) in [7, 11) is 0. The molecule has 0 radical (unpaired) electrons. The highest BCUT2D eigenvalue weighted by Gasteiger charge is 2.33. The number of halogens is 3. The van der Waals surface area contributed by atoms with Crippen molar-refractivity contribution in [1.29, 1.82) is 0 Å². The molecule has 0 fully saturated rings. The van der Waals surface area contributed by atoms with Gasteiger partial charge in [0.05, 0.1) is 21.6 Å². The molecule has 0 atom stereocenters. The van der Waals surface area contributed by atoms with Crippen molar-refractivity contribution in [3.05, 3.63) is 75.0 Å². The van der Waals surface area contributed by atoms with Gasteiger partial charge in [-0.3, -0.25) is 19.9 Å². The normalized spacial score (nSPS) is 11.4. The van der Waals surface area contributed by atoms with Gasteiger partial charge in [0.1, 0.15) is 5.69 Å². The van der Waals surface area contributed by atoms with Crippen LogP contribution in [-0.4, -0.2) is 28.9 Å². The zero-order chi connectivity index (χ0) is 22.8. The number of nitro benzene ring substituents is 1. The number of carbonyl (C=O) groups excluding carboxylic acids is 1. The monoisotopic (exact) mass is 432 g/mol. The third kappa shape index (κ3) is 5.08. The number of aryl methyl sites for hydroxylation is 2. The first-order valence-electron chi connectivity index (χ1n) is 9.32. The van der Waals surface area contributed by atoms with E-state index >= 15 is 0 Å². The van der Waals surface area contributed by atoms with Crippen molar-refractivity contribution >= 4 is 28.2 Å². The maximum absolute atomic E-state index is 12.8. The van der Waals surface area contributed by atoms with Crippen molar-refractivity contribution < 1.29 is 22.9 Å². The second-order valence-electron chi connectivity index (χ2n) is 7.00. The predicted octanol–water partition coefficient (Wildman–Crippen LogP) is 4.62. The maximum Gasteiger partial charge on any atom is 0.416 e. The highest BCUT2D eigenvalue weighted by Crippen LogP contribution is 2.34. The van der Waals surface area contributed by atoms with E-state index in [-0.39, 0.29) is 24.7 Å². The summed E-state index contributed by atoms with van der Waals surface area (Å²) in [6, 6.07) is 9.52. The number of fused-ring (bicyclic) bond motifs is 1. The molecule has 3 rings (SSSR count). The van der Waals surface area contributed by atoms with Crippen LogP contribution in [0.2, 0.25) is 0 Å². The molecule has 31 heavy (non-hydrogen) atoms. The summed E-state index contributed by atoms with van der Waals surface area (Å²) < 4.78 is 38.4. The fourth-order valence-corrected chi connectivity index (χ4v) is 3.14. The number of pyridine rings is 1. The Morgan fingerprint density at radius 3 is 2.52 bits per heavy atom. The van der Waals surface area contributed by atoms with Crippen LogP contribution in [0.3, 0.4) is 0 Å². The van der Waals surface area contributed by atoms with E-state index in [0.717, 1.165) is 17.7 Å². The molecule has 1 amide bonds. The molecule has 0 unspecified atom stereocenters. The number of alkyl halides is 3. The Morgan fingerprint density at radius 2 is 1.84 bits per heavy atom. The number of nitro groups is 1. The number of amides is 1. The molecule has 0 bridgehead atoms. The van der Waals surface area contributed by atoms with E-state index in [4.69, 9.17) is 0 Å². The number of aromatic nitrogens is 1. The summed E-state index contributed by atoms with van der Waals surface area (Å²) in [6.07, 6.45) is -4.68. The van der Waals surface area contributed by atoms with E-state index in [9.17, 15) is 28.1 Å². The van der Waals surface area contributed by atoms with Crippen LogP contribution in [-0.2, 0) is 6.18 Å². The van der Waals surface area contributed by atoms with Crippen molar-refractivity contribution in [2.75, 3.05) is 18.4 Å². The summed E-state index contributed by atoms with van der Waals surface area (Å²) >= 11 is 0. The van der Waals surface area contributed by atoms with E-state index in [1.807, 2.05) is 25.1 Å². The summed E-state index contributed by atoms with van der Waals surface area (Å²) in [6.45, 7) is 3.87. The lowest BCUT2D eigenvalue weighted by atomic mass is 10.0. The molecule has 0 aliphatic rings. The average Bonchev–Trinajstić information content (AvgIpc) is 2.69. The molecule has 7 nitrogen and oxygen atoms in total. The Morgan fingerprint density at radius 1 is 1.10 bits per heavy atom. The largest absolute Gasteiger partial charge is 0.416 e. The van der Waals surface area contributed by atoms with Gasteiger partial charge in [-0.05, 0) is 44.2 Å². The third-order valence-electron chi connectivity index (χ3n) is 4.58. The zero-order valence-electron chi connectivity index (χ0n) is 16.7. The van der Waals surface area contributed by atoms with E-state index in [1.54, 1.807) is 13.0 Å². The lowest BCUT2D eigenvalue weighted by molar-refractivity contribution is -0.384. The topological polar surface area (TPSA) is 97.2 Å². The Kier molecular flexibility index (Phi) is 6.09. The van der Waals surface area contributed by atoms with Crippen LogP contribution in [0.1, 0.15) is 27.2 Å². The molecule has 10 heteroatoms. The number of anilines is 1. The molecule has 3 aromatic rings. The Bertz CT molecular complexity index is 1160. The van der Waals surface area contributed by atoms with Gasteiger partial charge in [-0.15, -0.1) is 0 Å². The van der Waals surface area contributed by atoms with Gasteiger partial charge >= 0.3 is 6.18 Å². The number of rotatable bonds is 6. The van der Waals surface area contributed by atoms with E-state index in [1.165, 1.54) is 0 Å². The molecule has 162 valence electrons. The van der Waals surface area contributed by atoms with Gasteiger partial charge in [0, 0.05) is 30.2 Å². The molecule has 2 aromatic carbocycles. The Labute approximate surface area is 175 Å². The Balaban J connectivity index is 1.69. The van der Waals surface area contributed by atoms with Crippen molar-refractivity contribution in [1.82, 2.24) is 10.3 Å². The van der Waals surface area contributed by atoms with Crippen LogP contribution in [0.5, 0.6) is 0 Å². The molecule has 0 saturated heterocycles. The van der Waals surface area contributed by atoms with Gasteiger partial charge in [-0.25, -0.2) is 0 Å². The molecule has 0 aliphatic carbocycles. The van der Waals surface area contributed by atoms with Crippen molar-refractivity contribution in [2.45, 2.75) is 20.0 Å². The number of carbonyl (C=O) groups is 1. The van der Waals surface area contributed by atoms with Crippen LogP contribution < -0.4 is 10.6 Å². The summed E-state index contributed by atoms with van der Waals surface area (Å²) in [5.41, 5.74) is 0.943. The van der Waals surface area contributed by atoms with Gasteiger partial charge in [-0.2, -0.15) is 13.2 Å². The number of nitrogens with zero attached hydrogens (tertiary/aromatic N) is 2. The third-order valence-corrected chi connectivity index (χ3v) is 4.58. The first-order chi connectivity index (χ1) is 14.6. The summed E-state index contributed by atoms with van der Waals surface area (Å²) in [5.74, 6) is -0.343. The molecular formula is C21H19F3N4O3. The van der Waals surface area contributed by atoms with Gasteiger partial charge in [0.15, 0.2) is 0 Å². The minimum absolute atomic E-state index is 0.0620. The van der Waals surface area contributed by atoms with Crippen LogP contribution in [0.4, 0.5) is 24.5 Å². The number of benzene rings is 2. The van der Waals surface area contributed by atoms with Gasteiger partial charge in [0.25, 0.3) is 11.6 Å². The first kappa shape index (κ1) is 22.0. The van der Waals surface area contributed by atoms with Crippen molar-refractivity contribution in [3.63, 3.8) is 0 Å². The van der Waals surface area contributed by atoms with Crippen molar-refractivity contribution in [2.24, 2.45) is 0 Å². The quantitative estimate of drug-likeness (QED) is 0.337. The predicted molar refractivity (Wildman–Crippen MR) is 110 cm³/mol. The van der Waals surface area contributed by atoms with Crippen LogP contribution in [0.15, 0.2) is 42.5 Å². The summed E-state index contributed by atoms with van der Waals surface area (Å²) in [4.78, 5) is 27.3. The van der Waals surface area contributed by atoms with Gasteiger partial charge < -0.3 is 10.6 Å². The smallest absolute Gasteiger partial charge is 0.378 e. The molecule has 1 heterocycles. The van der Waals surface area contributed by atoms with E-state index < -0.39 is 22.4 Å². The minimum Gasteiger partial charge on any atom is -0.378 e. The Hall–Kier alpha value is -3.69. The lowest BCUT2D eigenvalue weighted by Gasteiger charge is -2.12.